The lowest BCUT2D eigenvalue weighted by Crippen LogP contribution is -2.71. The van der Waals surface area contributed by atoms with Crippen molar-refractivity contribution in [2.75, 3.05) is 0 Å². The van der Waals surface area contributed by atoms with Gasteiger partial charge in [0.25, 0.3) is 5.91 Å². The fraction of sp³-hybridized carbons (Fsp3) is 0.500. The molecule has 0 aliphatic carbocycles. The van der Waals surface area contributed by atoms with E-state index >= 15 is 0 Å². The molecule has 140 valence electrons. The van der Waals surface area contributed by atoms with Crippen LogP contribution in [0.25, 0.3) is 0 Å². The van der Waals surface area contributed by atoms with E-state index in [4.69, 9.17) is 4.74 Å². The molecule has 2 N–H and O–H groups in total. The Hall–Kier alpha value is -2.22. The van der Waals surface area contributed by atoms with Crippen LogP contribution in [-0.2, 0) is 14.4 Å². The molecule has 2 aliphatic rings. The summed E-state index contributed by atoms with van der Waals surface area (Å²) in [6, 6.07) is 7.41. The third-order valence-electron chi connectivity index (χ3n) is 4.66. The molecule has 2 aliphatic heterocycles. The molecule has 0 unspecified atom stereocenters. The lowest BCUT2D eigenvalue weighted by Gasteiger charge is -2.43. The number of thioether (sulfide) groups is 1. The monoisotopic (exact) mass is 378 g/mol. The number of benzene rings is 1. The summed E-state index contributed by atoms with van der Waals surface area (Å²) >= 11 is 1.40. The van der Waals surface area contributed by atoms with E-state index in [1.54, 1.807) is 26.0 Å². The topological polar surface area (TPSA) is 95.9 Å². The number of hydrogen-bond donors (Lipinski definition) is 2. The average molecular weight is 378 g/mol. The lowest BCUT2D eigenvalue weighted by atomic mass is 9.96. The summed E-state index contributed by atoms with van der Waals surface area (Å²) in [6.45, 7) is 5.43. The van der Waals surface area contributed by atoms with Gasteiger partial charge in [0.15, 0.2) is 6.10 Å². The molecule has 1 aromatic carbocycles. The fourth-order valence-electron chi connectivity index (χ4n) is 3.38. The van der Waals surface area contributed by atoms with E-state index in [2.05, 4.69) is 5.32 Å². The number of carboxylic acids is 1. The van der Waals surface area contributed by atoms with E-state index in [9.17, 15) is 19.5 Å². The molecular formula is C18H22N2O5S. The Morgan fingerprint density at radius 1 is 1.35 bits per heavy atom. The van der Waals surface area contributed by atoms with Crippen LogP contribution in [0.2, 0.25) is 0 Å². The van der Waals surface area contributed by atoms with Gasteiger partial charge in [-0.1, -0.05) is 25.1 Å². The summed E-state index contributed by atoms with van der Waals surface area (Å²) in [4.78, 5) is 37.9. The normalized spacial score (nSPS) is 27.3. The van der Waals surface area contributed by atoms with Crippen molar-refractivity contribution in [3.63, 3.8) is 0 Å². The second-order valence-electron chi connectivity index (χ2n) is 6.91. The highest BCUT2D eigenvalue weighted by Crippen LogP contribution is 2.50. The summed E-state index contributed by atoms with van der Waals surface area (Å²) in [5.74, 6) is -1.17. The number of nitrogens with one attached hydrogen (secondary N) is 1. The van der Waals surface area contributed by atoms with Crippen LogP contribution >= 0.6 is 11.8 Å². The van der Waals surface area contributed by atoms with Gasteiger partial charge in [-0.25, -0.2) is 4.79 Å². The van der Waals surface area contributed by atoms with E-state index in [-0.39, 0.29) is 17.2 Å². The molecule has 0 spiro atoms. The molecule has 0 radical (unpaired) electrons. The fourth-order valence-corrected chi connectivity index (χ4v) is 5.00. The highest BCUT2D eigenvalue weighted by atomic mass is 32.2. The number of ether oxygens (including phenoxy) is 1. The minimum atomic E-state index is -1.03. The Morgan fingerprint density at radius 3 is 2.58 bits per heavy atom. The first kappa shape index (κ1) is 18.6. The average Bonchev–Trinajstić information content (AvgIpc) is 2.86. The molecule has 7 nitrogen and oxygen atoms in total. The summed E-state index contributed by atoms with van der Waals surface area (Å²) < 4.78 is 5.09. The van der Waals surface area contributed by atoms with Crippen LogP contribution in [0, 0.1) is 0 Å². The van der Waals surface area contributed by atoms with E-state index in [1.807, 2.05) is 25.1 Å². The van der Waals surface area contributed by atoms with Crippen LogP contribution < -0.4 is 10.1 Å². The van der Waals surface area contributed by atoms with Crippen LogP contribution in [0.1, 0.15) is 27.2 Å². The highest BCUT2D eigenvalue weighted by molar-refractivity contribution is 8.01. The van der Waals surface area contributed by atoms with Gasteiger partial charge in [-0.15, -0.1) is 11.8 Å². The van der Waals surface area contributed by atoms with Gasteiger partial charge >= 0.3 is 5.97 Å². The van der Waals surface area contributed by atoms with E-state index < -0.39 is 28.9 Å². The number of carbonyl (C=O) groups is 3. The Morgan fingerprint density at radius 2 is 2.00 bits per heavy atom. The molecular weight excluding hydrogens is 356 g/mol. The number of carboxylic acid groups (broad SMARTS) is 1. The minimum absolute atomic E-state index is 0.358. The Kier molecular flexibility index (Phi) is 4.88. The molecule has 0 bridgehead atoms. The molecule has 2 saturated heterocycles. The highest BCUT2D eigenvalue weighted by Gasteiger charge is 2.64. The van der Waals surface area contributed by atoms with Gasteiger partial charge in [0.2, 0.25) is 5.91 Å². The van der Waals surface area contributed by atoms with Crippen LogP contribution in [-0.4, -0.2) is 56.1 Å². The van der Waals surface area contributed by atoms with Gasteiger partial charge in [-0.3, -0.25) is 9.59 Å². The van der Waals surface area contributed by atoms with Gasteiger partial charge < -0.3 is 20.1 Å². The molecule has 4 atom stereocenters. The zero-order valence-corrected chi connectivity index (χ0v) is 15.7. The minimum Gasteiger partial charge on any atom is -0.481 e. The van der Waals surface area contributed by atoms with Gasteiger partial charge in [0.05, 0.1) is 0 Å². The van der Waals surface area contributed by atoms with Crippen molar-refractivity contribution in [3.05, 3.63) is 30.3 Å². The maximum atomic E-state index is 12.6. The van der Waals surface area contributed by atoms with Gasteiger partial charge in [-0.2, -0.15) is 0 Å². The first-order valence-electron chi connectivity index (χ1n) is 8.51. The molecule has 8 heteroatoms. The van der Waals surface area contributed by atoms with Crippen molar-refractivity contribution in [1.82, 2.24) is 10.2 Å². The SMILES string of the molecule is CC[C@H](Oc1ccccc1)C(=O)N[C@@H]1C(=O)N2[C@@H]1SC(C)(C)[C@H]2C(=O)O. The zero-order chi connectivity index (χ0) is 19.1. The second-order valence-corrected chi connectivity index (χ2v) is 8.68. The Balaban J connectivity index is 1.67. The lowest BCUT2D eigenvalue weighted by molar-refractivity contribution is -0.161. The van der Waals surface area contributed by atoms with Crippen molar-refractivity contribution in [1.29, 1.82) is 0 Å². The number of rotatable bonds is 6. The third-order valence-corrected chi connectivity index (χ3v) is 6.23. The second kappa shape index (κ2) is 6.83. The number of fused-ring (bicyclic) bond motifs is 1. The van der Waals surface area contributed by atoms with Crippen molar-refractivity contribution in [2.24, 2.45) is 0 Å². The number of nitrogens with zero attached hydrogens (tertiary/aromatic N) is 1. The van der Waals surface area contributed by atoms with Crippen molar-refractivity contribution in [3.8, 4) is 5.75 Å². The predicted octanol–water partition coefficient (Wildman–Crippen LogP) is 1.48. The summed E-state index contributed by atoms with van der Waals surface area (Å²) in [7, 11) is 0. The number of amides is 2. The largest absolute Gasteiger partial charge is 0.481 e. The van der Waals surface area contributed by atoms with Crippen LogP contribution in [0.5, 0.6) is 5.75 Å². The summed E-state index contributed by atoms with van der Waals surface area (Å²) in [5.41, 5.74) is 0. The number of aliphatic carboxylic acids is 1. The van der Waals surface area contributed by atoms with Crippen LogP contribution in [0.15, 0.2) is 30.3 Å². The van der Waals surface area contributed by atoms with Gasteiger partial charge in [0.1, 0.15) is 23.2 Å². The standard InChI is InChI=1S/C18H22N2O5S/c1-4-11(25-10-8-6-5-7-9-10)14(21)19-12-15(22)20-13(17(23)24)18(2,3)26-16(12)20/h5-9,11-13,16H,4H2,1-3H3,(H,19,21)(H,23,24)/t11-,12+,13+,16+/m0/s1. The van der Waals surface area contributed by atoms with Crippen molar-refractivity contribution in [2.45, 2.75) is 55.5 Å². The molecule has 2 amide bonds. The third kappa shape index (κ3) is 3.13. The number of para-hydroxylation sites is 1. The predicted molar refractivity (Wildman–Crippen MR) is 96.8 cm³/mol. The van der Waals surface area contributed by atoms with Crippen molar-refractivity contribution < 1.29 is 24.2 Å². The quantitative estimate of drug-likeness (QED) is 0.728. The molecule has 2 fully saturated rings. The summed E-state index contributed by atoms with van der Waals surface area (Å²) in [5, 5.41) is 11.8. The number of carbonyl (C=O) groups excluding carboxylic acids is 2. The Bertz CT molecular complexity index is 724. The van der Waals surface area contributed by atoms with E-state index in [0.29, 0.717) is 12.2 Å². The smallest absolute Gasteiger partial charge is 0.327 e. The van der Waals surface area contributed by atoms with Crippen LogP contribution in [0.3, 0.4) is 0 Å². The maximum absolute atomic E-state index is 12.6. The molecule has 3 rings (SSSR count). The van der Waals surface area contributed by atoms with Crippen LogP contribution in [0.4, 0.5) is 0 Å². The molecule has 0 saturated carbocycles. The van der Waals surface area contributed by atoms with Crippen molar-refractivity contribution >= 4 is 29.5 Å². The summed E-state index contributed by atoms with van der Waals surface area (Å²) in [6.07, 6.45) is -0.263. The molecule has 0 aromatic heterocycles. The van der Waals surface area contributed by atoms with Gasteiger partial charge in [0, 0.05) is 4.75 Å². The maximum Gasteiger partial charge on any atom is 0.327 e. The molecule has 1 aromatic rings. The number of hydrogen-bond acceptors (Lipinski definition) is 5. The first-order chi connectivity index (χ1) is 12.3. The molecule has 26 heavy (non-hydrogen) atoms. The zero-order valence-electron chi connectivity index (χ0n) is 14.8. The first-order valence-corrected chi connectivity index (χ1v) is 9.39. The Labute approximate surface area is 156 Å². The number of β-lactam (4-membered cyclic amide) rings is 1. The van der Waals surface area contributed by atoms with Gasteiger partial charge in [-0.05, 0) is 32.4 Å². The van der Waals surface area contributed by atoms with E-state index in [0.717, 1.165) is 0 Å². The van der Waals surface area contributed by atoms with E-state index in [1.165, 1.54) is 16.7 Å². The molecule has 2 heterocycles.